The van der Waals surface area contributed by atoms with Gasteiger partial charge in [0.05, 0.1) is 0 Å². The van der Waals surface area contributed by atoms with Crippen molar-refractivity contribution >= 4 is 5.78 Å². The lowest BCUT2D eigenvalue weighted by Crippen LogP contribution is -2.51. The van der Waals surface area contributed by atoms with Crippen LogP contribution in [0, 0.1) is 11.3 Å². The molecule has 0 aliphatic carbocycles. The largest absolute Gasteiger partial charge is 0.511 e. The van der Waals surface area contributed by atoms with E-state index in [1.807, 2.05) is 0 Å². The maximum Gasteiger partial charge on any atom is 0.410 e. The maximum atomic E-state index is 13.0. The van der Waals surface area contributed by atoms with Crippen LogP contribution in [0.4, 0.5) is 35.1 Å². The van der Waals surface area contributed by atoms with Crippen molar-refractivity contribution in [1.82, 2.24) is 0 Å². The lowest BCUT2D eigenvalue weighted by Gasteiger charge is -2.35. The van der Waals surface area contributed by atoms with Gasteiger partial charge in [0.1, 0.15) is 5.76 Å². The highest BCUT2D eigenvalue weighted by molar-refractivity contribution is 5.92. The highest BCUT2D eigenvalue weighted by Crippen LogP contribution is 2.56. The molecule has 0 saturated carbocycles. The zero-order valence-electron chi connectivity index (χ0n) is 13.2. The Morgan fingerprint density at radius 2 is 1.42 bits per heavy atom. The molecule has 0 spiro atoms. The number of carbonyl (C=O) groups is 1. The Morgan fingerprint density at radius 3 is 1.67 bits per heavy atom. The molecule has 0 aromatic carbocycles. The Balaban J connectivity index is 5.94. The fraction of sp³-hybridized carbons (Fsp3) is 0.786. The summed E-state index contributed by atoms with van der Waals surface area (Å²) in [7, 11) is 0. The van der Waals surface area contributed by atoms with E-state index in [2.05, 4.69) is 0 Å². The predicted molar refractivity (Wildman–Crippen MR) is 69.6 cm³/mol. The number of hydrogen-bond acceptors (Lipinski definition) is 2. The van der Waals surface area contributed by atoms with Crippen LogP contribution in [0.5, 0.6) is 0 Å². The number of alkyl halides is 8. The first-order valence-electron chi connectivity index (χ1n) is 6.99. The van der Waals surface area contributed by atoms with Crippen LogP contribution in [0.3, 0.4) is 0 Å². The van der Waals surface area contributed by atoms with Crippen molar-refractivity contribution in [3.05, 3.63) is 11.8 Å². The Labute approximate surface area is 133 Å². The van der Waals surface area contributed by atoms with Crippen molar-refractivity contribution in [2.24, 2.45) is 11.3 Å². The summed E-state index contributed by atoms with van der Waals surface area (Å²) in [6.45, 7) is 2.29. The van der Waals surface area contributed by atoms with Gasteiger partial charge in [0.2, 0.25) is 11.3 Å². The molecule has 0 aromatic heterocycles. The van der Waals surface area contributed by atoms with Crippen molar-refractivity contribution in [1.29, 1.82) is 0 Å². The molecule has 1 atom stereocenters. The van der Waals surface area contributed by atoms with E-state index < -0.39 is 54.0 Å². The molecule has 0 aliphatic heterocycles. The average Bonchev–Trinajstić information content (AvgIpc) is 2.32. The van der Waals surface area contributed by atoms with Gasteiger partial charge in [0.15, 0.2) is 5.78 Å². The number of ketones is 1. The van der Waals surface area contributed by atoms with Crippen LogP contribution in [0.1, 0.15) is 40.0 Å². The minimum atomic E-state index is -5.92. The van der Waals surface area contributed by atoms with Crippen LogP contribution in [0.15, 0.2) is 11.8 Å². The van der Waals surface area contributed by atoms with Gasteiger partial charge in [0, 0.05) is 18.4 Å². The third kappa shape index (κ3) is 4.83. The molecule has 0 radical (unpaired) electrons. The highest BCUT2D eigenvalue weighted by Gasteiger charge is 2.72. The molecule has 24 heavy (non-hydrogen) atoms. The van der Waals surface area contributed by atoms with E-state index >= 15 is 0 Å². The molecular formula is C14H18F8O2. The SMILES string of the molecule is CCC(CC(C)(F)F)C(=O)/C=C(\O)C(CC)(C(F)(F)F)C(F)(F)F. The second kappa shape index (κ2) is 7.26. The summed E-state index contributed by atoms with van der Waals surface area (Å²) in [5.41, 5.74) is -4.62. The second-order valence-corrected chi connectivity index (χ2v) is 5.57. The van der Waals surface area contributed by atoms with E-state index in [-0.39, 0.29) is 12.5 Å². The van der Waals surface area contributed by atoms with Gasteiger partial charge in [-0.05, 0) is 19.8 Å². The summed E-state index contributed by atoms with van der Waals surface area (Å²) < 4.78 is 104. The van der Waals surface area contributed by atoms with Crippen LogP contribution in [-0.2, 0) is 4.79 Å². The molecule has 142 valence electrons. The molecule has 0 heterocycles. The first-order valence-corrected chi connectivity index (χ1v) is 6.99. The Kier molecular flexibility index (Phi) is 6.86. The molecular weight excluding hydrogens is 352 g/mol. The minimum Gasteiger partial charge on any atom is -0.511 e. The molecule has 0 aromatic rings. The molecule has 0 bridgehead atoms. The zero-order valence-corrected chi connectivity index (χ0v) is 13.2. The Bertz CT molecular complexity index is 457. The monoisotopic (exact) mass is 370 g/mol. The van der Waals surface area contributed by atoms with Gasteiger partial charge in [-0.25, -0.2) is 8.78 Å². The molecule has 0 amide bonds. The average molecular weight is 370 g/mol. The van der Waals surface area contributed by atoms with Crippen LogP contribution < -0.4 is 0 Å². The molecule has 2 nitrogen and oxygen atoms in total. The van der Waals surface area contributed by atoms with Crippen LogP contribution >= 0.6 is 0 Å². The Hall–Kier alpha value is -1.35. The molecule has 0 aliphatic rings. The van der Waals surface area contributed by atoms with Crippen LogP contribution in [0.25, 0.3) is 0 Å². The van der Waals surface area contributed by atoms with Crippen molar-refractivity contribution in [2.75, 3.05) is 0 Å². The normalized spacial score (nSPS) is 16.2. The first-order chi connectivity index (χ1) is 10.5. The topological polar surface area (TPSA) is 37.3 Å². The molecule has 0 rings (SSSR count). The maximum absolute atomic E-state index is 13.0. The van der Waals surface area contributed by atoms with Gasteiger partial charge in [-0.1, -0.05) is 13.8 Å². The number of hydrogen-bond donors (Lipinski definition) is 1. The van der Waals surface area contributed by atoms with Crippen molar-refractivity contribution in [3.8, 4) is 0 Å². The van der Waals surface area contributed by atoms with E-state index in [0.29, 0.717) is 13.8 Å². The van der Waals surface area contributed by atoms with Crippen molar-refractivity contribution in [2.45, 2.75) is 58.3 Å². The van der Waals surface area contributed by atoms with Crippen LogP contribution in [-0.4, -0.2) is 29.2 Å². The van der Waals surface area contributed by atoms with Gasteiger partial charge in [-0.3, -0.25) is 4.79 Å². The van der Waals surface area contributed by atoms with Gasteiger partial charge in [0.25, 0.3) is 0 Å². The second-order valence-electron chi connectivity index (χ2n) is 5.57. The lowest BCUT2D eigenvalue weighted by atomic mass is 9.80. The number of allylic oxidation sites excluding steroid dienone is 2. The van der Waals surface area contributed by atoms with E-state index in [0.717, 1.165) is 0 Å². The Morgan fingerprint density at radius 1 is 1.00 bits per heavy atom. The van der Waals surface area contributed by atoms with Crippen LogP contribution in [0.2, 0.25) is 0 Å². The van der Waals surface area contributed by atoms with E-state index in [9.17, 15) is 45.0 Å². The van der Waals surface area contributed by atoms with Gasteiger partial charge < -0.3 is 5.11 Å². The van der Waals surface area contributed by atoms with E-state index in [1.165, 1.54) is 6.92 Å². The molecule has 1 unspecified atom stereocenters. The van der Waals surface area contributed by atoms with E-state index in [4.69, 9.17) is 0 Å². The first kappa shape index (κ1) is 22.6. The summed E-state index contributed by atoms with van der Waals surface area (Å²) in [6, 6.07) is 0. The molecule has 0 fully saturated rings. The lowest BCUT2D eigenvalue weighted by molar-refractivity contribution is -0.334. The summed E-state index contributed by atoms with van der Waals surface area (Å²) >= 11 is 0. The van der Waals surface area contributed by atoms with Crippen molar-refractivity contribution in [3.63, 3.8) is 0 Å². The van der Waals surface area contributed by atoms with Gasteiger partial charge in [-0.2, -0.15) is 26.3 Å². The van der Waals surface area contributed by atoms with Crippen molar-refractivity contribution < 1.29 is 45.0 Å². The molecule has 0 saturated heterocycles. The van der Waals surface area contributed by atoms with Gasteiger partial charge >= 0.3 is 12.4 Å². The van der Waals surface area contributed by atoms with E-state index in [1.54, 1.807) is 0 Å². The third-order valence-electron chi connectivity index (χ3n) is 3.71. The summed E-state index contributed by atoms with van der Waals surface area (Å²) in [5, 5.41) is 9.46. The zero-order chi connectivity index (χ0) is 19.6. The summed E-state index contributed by atoms with van der Waals surface area (Å²) in [5.74, 6) is -8.51. The third-order valence-corrected chi connectivity index (χ3v) is 3.71. The summed E-state index contributed by atoms with van der Waals surface area (Å²) in [4.78, 5) is 11.8. The fourth-order valence-electron chi connectivity index (χ4n) is 2.29. The smallest absolute Gasteiger partial charge is 0.410 e. The van der Waals surface area contributed by atoms with Gasteiger partial charge in [-0.15, -0.1) is 0 Å². The standard InChI is InChI=1S/C14H18F8O2/c1-4-8(7-11(3,15)16)9(23)6-10(24)12(5-2,13(17,18)19)14(20,21)22/h6,8,24H,4-5,7H2,1-3H3/b10-6-. The summed E-state index contributed by atoms with van der Waals surface area (Å²) in [6.07, 6.45) is -15.0. The predicted octanol–water partition coefficient (Wildman–Crippen LogP) is 5.59. The number of aliphatic hydroxyl groups excluding tert-OH is 1. The molecule has 10 heteroatoms. The number of aliphatic hydroxyl groups is 1. The minimum absolute atomic E-state index is 0.232. The molecule has 1 N–H and O–H groups in total. The highest BCUT2D eigenvalue weighted by atomic mass is 19.4. The number of halogens is 8. The fourth-order valence-corrected chi connectivity index (χ4v) is 2.29. The number of carbonyl (C=O) groups excluding carboxylic acids is 1. The quantitative estimate of drug-likeness (QED) is 0.360. The number of rotatable bonds is 7.